The Kier molecular flexibility index (Phi) is 3.10. The van der Waals surface area contributed by atoms with Crippen LogP contribution in [0.4, 0.5) is 11.4 Å². The molecule has 1 heterocycles. The minimum atomic E-state index is -0.191. The topological polar surface area (TPSA) is 89.4 Å². The maximum Gasteiger partial charge on any atom is 0.238 e. The van der Waals surface area contributed by atoms with Crippen molar-refractivity contribution in [3.05, 3.63) is 23.8 Å². The Morgan fingerprint density at radius 3 is 2.88 bits per heavy atom. The lowest BCUT2D eigenvalue weighted by molar-refractivity contribution is -0.125. The van der Waals surface area contributed by atoms with Crippen LogP contribution in [0.2, 0.25) is 0 Å². The van der Waals surface area contributed by atoms with E-state index in [0.29, 0.717) is 30.8 Å². The first-order chi connectivity index (χ1) is 8.13. The van der Waals surface area contributed by atoms with Gasteiger partial charge in [0.2, 0.25) is 11.8 Å². The van der Waals surface area contributed by atoms with Crippen LogP contribution in [0, 0.1) is 0 Å². The van der Waals surface area contributed by atoms with Gasteiger partial charge in [0.25, 0.3) is 0 Å². The highest BCUT2D eigenvalue weighted by atomic mass is 16.2. The van der Waals surface area contributed by atoms with Crippen LogP contribution in [0.15, 0.2) is 18.2 Å². The van der Waals surface area contributed by atoms with Crippen LogP contribution in [-0.4, -0.2) is 18.4 Å². The fourth-order valence-corrected chi connectivity index (χ4v) is 1.98. The van der Waals surface area contributed by atoms with Gasteiger partial charge < -0.3 is 11.5 Å². The molecule has 1 aromatic carbocycles. The van der Waals surface area contributed by atoms with E-state index in [1.807, 2.05) is 0 Å². The third-order valence-corrected chi connectivity index (χ3v) is 2.78. The van der Waals surface area contributed by atoms with Gasteiger partial charge in [-0.25, -0.2) is 4.90 Å². The number of amides is 2. The number of hydrogen-bond donors (Lipinski definition) is 2. The number of imide groups is 1. The first kappa shape index (κ1) is 11.6. The Hall–Kier alpha value is -1.88. The van der Waals surface area contributed by atoms with E-state index in [4.69, 9.17) is 11.5 Å². The molecule has 0 saturated heterocycles. The standard InChI is InChI=1S/C12H15N3O2/c13-5-1-2-11(16)15-10-4-3-9(14)6-8(10)7-12(15)17/h3-4,6H,1-2,5,7,13-14H2. The van der Waals surface area contributed by atoms with Crippen LogP contribution >= 0.6 is 0 Å². The summed E-state index contributed by atoms with van der Waals surface area (Å²) in [6.45, 7) is 0.447. The molecule has 2 amide bonds. The Balaban J connectivity index is 2.25. The van der Waals surface area contributed by atoms with Crippen LogP contribution in [0.3, 0.4) is 0 Å². The van der Waals surface area contributed by atoms with Crippen molar-refractivity contribution in [2.45, 2.75) is 19.3 Å². The van der Waals surface area contributed by atoms with E-state index in [-0.39, 0.29) is 18.2 Å². The number of carbonyl (C=O) groups excluding carboxylic acids is 2. The Bertz CT molecular complexity index is 471. The van der Waals surface area contributed by atoms with Crippen molar-refractivity contribution >= 4 is 23.2 Å². The third-order valence-electron chi connectivity index (χ3n) is 2.78. The molecule has 90 valence electrons. The molecule has 17 heavy (non-hydrogen) atoms. The van der Waals surface area contributed by atoms with Crippen molar-refractivity contribution in [1.29, 1.82) is 0 Å². The molecule has 5 heteroatoms. The molecule has 4 N–H and O–H groups in total. The number of benzene rings is 1. The SMILES string of the molecule is NCCCC(=O)N1C(=O)Cc2cc(N)ccc21. The average Bonchev–Trinajstić information content (AvgIpc) is 2.61. The summed E-state index contributed by atoms with van der Waals surface area (Å²) in [7, 11) is 0. The predicted molar refractivity (Wildman–Crippen MR) is 65.3 cm³/mol. The van der Waals surface area contributed by atoms with Gasteiger partial charge in [0.05, 0.1) is 12.1 Å². The number of rotatable bonds is 3. The monoisotopic (exact) mass is 233 g/mol. The minimum absolute atomic E-state index is 0.187. The fourth-order valence-electron chi connectivity index (χ4n) is 1.98. The number of nitrogens with two attached hydrogens (primary N) is 2. The molecule has 0 saturated carbocycles. The molecule has 1 aliphatic heterocycles. The first-order valence-electron chi connectivity index (χ1n) is 5.57. The van der Waals surface area contributed by atoms with Crippen molar-refractivity contribution in [3.8, 4) is 0 Å². The Morgan fingerprint density at radius 1 is 1.41 bits per heavy atom. The van der Waals surface area contributed by atoms with Gasteiger partial charge in [0, 0.05) is 12.1 Å². The van der Waals surface area contributed by atoms with Crippen molar-refractivity contribution in [2.24, 2.45) is 5.73 Å². The molecule has 0 unspecified atom stereocenters. The Morgan fingerprint density at radius 2 is 2.18 bits per heavy atom. The summed E-state index contributed by atoms with van der Waals surface area (Å²) in [6.07, 6.45) is 1.13. The van der Waals surface area contributed by atoms with Gasteiger partial charge in [-0.2, -0.15) is 0 Å². The van der Waals surface area contributed by atoms with Gasteiger partial charge in [-0.15, -0.1) is 0 Å². The number of fused-ring (bicyclic) bond motifs is 1. The summed E-state index contributed by atoms with van der Waals surface area (Å²) in [6, 6.07) is 5.15. The van der Waals surface area contributed by atoms with Gasteiger partial charge in [-0.1, -0.05) is 0 Å². The molecule has 0 aliphatic carbocycles. The summed E-state index contributed by atoms with van der Waals surface area (Å²) in [5.41, 5.74) is 13.1. The van der Waals surface area contributed by atoms with Gasteiger partial charge in [0.1, 0.15) is 0 Å². The molecule has 0 fully saturated rings. The molecular formula is C12H15N3O2. The van der Waals surface area contributed by atoms with E-state index in [0.717, 1.165) is 5.56 Å². The highest BCUT2D eigenvalue weighted by molar-refractivity contribution is 6.19. The van der Waals surface area contributed by atoms with Gasteiger partial charge in [-0.05, 0) is 36.7 Å². The molecule has 1 aliphatic rings. The predicted octanol–water partition coefficient (Wildman–Crippen LogP) is 0.423. The van der Waals surface area contributed by atoms with Crippen molar-refractivity contribution in [2.75, 3.05) is 17.2 Å². The summed E-state index contributed by atoms with van der Waals surface area (Å²) < 4.78 is 0. The van der Waals surface area contributed by atoms with Gasteiger partial charge in [-0.3, -0.25) is 9.59 Å². The fraction of sp³-hybridized carbons (Fsp3) is 0.333. The number of hydrogen-bond acceptors (Lipinski definition) is 4. The van der Waals surface area contributed by atoms with Crippen molar-refractivity contribution in [1.82, 2.24) is 0 Å². The maximum absolute atomic E-state index is 11.9. The largest absolute Gasteiger partial charge is 0.399 e. The molecule has 0 bridgehead atoms. The molecule has 0 spiro atoms. The molecule has 0 radical (unpaired) electrons. The van der Waals surface area contributed by atoms with Gasteiger partial charge in [0.15, 0.2) is 0 Å². The lowest BCUT2D eigenvalue weighted by Gasteiger charge is -2.15. The molecule has 1 aromatic rings. The van der Waals surface area contributed by atoms with Gasteiger partial charge >= 0.3 is 0 Å². The number of anilines is 2. The molecule has 0 aromatic heterocycles. The summed E-state index contributed by atoms with van der Waals surface area (Å²) in [5.74, 6) is -0.378. The van der Waals surface area contributed by atoms with Crippen LogP contribution < -0.4 is 16.4 Å². The number of carbonyl (C=O) groups is 2. The third kappa shape index (κ3) is 2.14. The van der Waals surface area contributed by atoms with E-state index < -0.39 is 0 Å². The summed E-state index contributed by atoms with van der Waals surface area (Å²) in [5, 5.41) is 0. The van der Waals surface area contributed by atoms with Crippen LogP contribution in [0.5, 0.6) is 0 Å². The molecule has 0 atom stereocenters. The van der Waals surface area contributed by atoms with E-state index in [1.54, 1.807) is 18.2 Å². The van der Waals surface area contributed by atoms with E-state index in [2.05, 4.69) is 0 Å². The quantitative estimate of drug-likeness (QED) is 0.740. The molecule has 2 rings (SSSR count). The lowest BCUT2D eigenvalue weighted by Crippen LogP contribution is -2.33. The maximum atomic E-state index is 11.9. The first-order valence-corrected chi connectivity index (χ1v) is 5.57. The van der Waals surface area contributed by atoms with Crippen molar-refractivity contribution < 1.29 is 9.59 Å². The Labute approximate surface area is 99.4 Å². The second-order valence-corrected chi connectivity index (χ2v) is 4.08. The van der Waals surface area contributed by atoms with Crippen LogP contribution in [-0.2, 0) is 16.0 Å². The smallest absolute Gasteiger partial charge is 0.238 e. The summed E-state index contributed by atoms with van der Waals surface area (Å²) in [4.78, 5) is 24.9. The average molecular weight is 233 g/mol. The normalized spacial score (nSPS) is 13.9. The zero-order chi connectivity index (χ0) is 12.4. The number of nitrogens with zero attached hydrogens (tertiary/aromatic N) is 1. The zero-order valence-corrected chi connectivity index (χ0v) is 9.48. The highest BCUT2D eigenvalue weighted by Crippen LogP contribution is 2.31. The zero-order valence-electron chi connectivity index (χ0n) is 9.48. The van der Waals surface area contributed by atoms with E-state index in [1.165, 1.54) is 4.90 Å². The highest BCUT2D eigenvalue weighted by Gasteiger charge is 2.31. The lowest BCUT2D eigenvalue weighted by atomic mass is 10.1. The summed E-state index contributed by atoms with van der Waals surface area (Å²) >= 11 is 0. The van der Waals surface area contributed by atoms with Crippen LogP contribution in [0.1, 0.15) is 18.4 Å². The van der Waals surface area contributed by atoms with Crippen molar-refractivity contribution in [3.63, 3.8) is 0 Å². The van der Waals surface area contributed by atoms with E-state index >= 15 is 0 Å². The molecular weight excluding hydrogens is 218 g/mol. The van der Waals surface area contributed by atoms with Crippen LogP contribution in [0.25, 0.3) is 0 Å². The second kappa shape index (κ2) is 4.55. The molecule has 5 nitrogen and oxygen atoms in total. The minimum Gasteiger partial charge on any atom is -0.399 e. The number of nitrogen functional groups attached to an aromatic ring is 1. The second-order valence-electron chi connectivity index (χ2n) is 4.08. The van der Waals surface area contributed by atoms with E-state index in [9.17, 15) is 9.59 Å².